The van der Waals surface area contributed by atoms with Crippen LogP contribution in [0.15, 0.2) is 29.3 Å². The second kappa shape index (κ2) is 11.8. The van der Waals surface area contributed by atoms with Gasteiger partial charge in [0.1, 0.15) is 18.4 Å². The normalized spacial score (nSPS) is 16.9. The first-order valence-electron chi connectivity index (χ1n) is 9.73. The highest BCUT2D eigenvalue weighted by Crippen LogP contribution is 2.26. The van der Waals surface area contributed by atoms with Gasteiger partial charge in [-0.05, 0) is 25.5 Å². The fraction of sp³-hybridized carbons (Fsp3) is 0.600. The lowest BCUT2D eigenvalue weighted by Crippen LogP contribution is -2.42. The van der Waals surface area contributed by atoms with E-state index in [0.29, 0.717) is 30.5 Å². The largest absolute Gasteiger partial charge is 0.487 e. The van der Waals surface area contributed by atoms with Crippen LogP contribution in [0.25, 0.3) is 0 Å². The molecule has 2 rings (SSSR count). The Labute approximate surface area is 172 Å². The van der Waals surface area contributed by atoms with Gasteiger partial charge in [-0.1, -0.05) is 23.7 Å². The first kappa shape index (κ1) is 22.3. The number of carbonyl (C=O) groups excluding carboxylic acids is 1. The predicted octanol–water partition coefficient (Wildman–Crippen LogP) is 2.25. The van der Waals surface area contributed by atoms with Crippen molar-refractivity contribution in [1.82, 2.24) is 15.1 Å². The molecule has 1 amide bonds. The maximum atomic E-state index is 11.9. The Hall–Kier alpha value is -1.99. The number of rotatable bonds is 9. The molecule has 1 N–H and O–H groups in total. The first-order valence-corrected chi connectivity index (χ1v) is 10.1. The third-order valence-corrected chi connectivity index (χ3v) is 4.70. The zero-order valence-corrected chi connectivity index (χ0v) is 17.7. The summed E-state index contributed by atoms with van der Waals surface area (Å²) in [4.78, 5) is 20.1. The number of nitrogens with zero attached hydrogens (tertiary/aromatic N) is 3. The van der Waals surface area contributed by atoms with E-state index in [1.807, 2.05) is 31.2 Å². The van der Waals surface area contributed by atoms with Gasteiger partial charge in [-0.2, -0.15) is 0 Å². The van der Waals surface area contributed by atoms with Crippen molar-refractivity contribution in [2.45, 2.75) is 25.9 Å². The SMILES string of the molecule is CCOCCCNC(=NCC(=O)N(C)C)N1CCC(Oc2ccccc2Cl)C1. The Morgan fingerprint density at radius 2 is 2.18 bits per heavy atom. The fourth-order valence-corrected chi connectivity index (χ4v) is 2.99. The van der Waals surface area contributed by atoms with Crippen LogP contribution in [0.4, 0.5) is 0 Å². The monoisotopic (exact) mass is 410 g/mol. The van der Waals surface area contributed by atoms with Gasteiger partial charge in [0.2, 0.25) is 5.91 Å². The molecule has 1 aliphatic rings. The van der Waals surface area contributed by atoms with Gasteiger partial charge in [-0.15, -0.1) is 0 Å². The zero-order valence-electron chi connectivity index (χ0n) is 17.0. The second-order valence-corrected chi connectivity index (χ2v) is 7.22. The summed E-state index contributed by atoms with van der Waals surface area (Å²) in [6, 6.07) is 7.49. The van der Waals surface area contributed by atoms with Crippen LogP contribution in [0.3, 0.4) is 0 Å². The van der Waals surface area contributed by atoms with Crippen LogP contribution in [-0.4, -0.2) is 81.3 Å². The molecule has 1 aromatic carbocycles. The van der Waals surface area contributed by atoms with E-state index in [2.05, 4.69) is 15.2 Å². The van der Waals surface area contributed by atoms with Gasteiger partial charge in [-0.25, -0.2) is 4.99 Å². The number of carbonyl (C=O) groups is 1. The van der Waals surface area contributed by atoms with Crippen LogP contribution in [0.1, 0.15) is 19.8 Å². The number of aliphatic imine (C=N–C) groups is 1. The number of halogens is 1. The highest BCUT2D eigenvalue weighted by molar-refractivity contribution is 6.32. The smallest absolute Gasteiger partial charge is 0.243 e. The lowest BCUT2D eigenvalue weighted by molar-refractivity contribution is -0.127. The topological polar surface area (TPSA) is 66.4 Å². The van der Waals surface area contributed by atoms with Gasteiger partial charge in [0.25, 0.3) is 0 Å². The van der Waals surface area contributed by atoms with Crippen LogP contribution in [0.2, 0.25) is 5.02 Å². The summed E-state index contributed by atoms with van der Waals surface area (Å²) in [6.45, 7) is 5.75. The number of nitrogens with one attached hydrogen (secondary N) is 1. The molecule has 1 aliphatic heterocycles. The molecular weight excluding hydrogens is 380 g/mol. The summed E-state index contributed by atoms with van der Waals surface area (Å²) in [7, 11) is 3.47. The van der Waals surface area contributed by atoms with E-state index in [9.17, 15) is 4.79 Å². The number of hydrogen-bond acceptors (Lipinski definition) is 4. The molecule has 28 heavy (non-hydrogen) atoms. The van der Waals surface area contributed by atoms with Crippen molar-refractivity contribution >= 4 is 23.5 Å². The number of likely N-dealkylation sites (tertiary alicyclic amines) is 1. The number of likely N-dealkylation sites (N-methyl/N-ethyl adjacent to an activating group) is 1. The molecule has 0 bridgehead atoms. The van der Waals surface area contributed by atoms with Crippen LogP contribution >= 0.6 is 11.6 Å². The Morgan fingerprint density at radius 1 is 1.39 bits per heavy atom. The lowest BCUT2D eigenvalue weighted by atomic mass is 10.3. The average molecular weight is 411 g/mol. The number of benzene rings is 1. The maximum absolute atomic E-state index is 11.9. The molecule has 8 heteroatoms. The Balaban J connectivity index is 1.94. The third kappa shape index (κ3) is 7.20. The molecule has 0 aromatic heterocycles. The van der Waals surface area contributed by atoms with E-state index in [0.717, 1.165) is 31.9 Å². The molecule has 0 aliphatic carbocycles. The van der Waals surface area contributed by atoms with E-state index in [-0.39, 0.29) is 18.6 Å². The van der Waals surface area contributed by atoms with Gasteiger partial charge in [0.15, 0.2) is 5.96 Å². The maximum Gasteiger partial charge on any atom is 0.243 e. The van der Waals surface area contributed by atoms with E-state index in [1.165, 1.54) is 0 Å². The van der Waals surface area contributed by atoms with E-state index in [4.69, 9.17) is 21.1 Å². The average Bonchev–Trinajstić information content (AvgIpc) is 3.14. The van der Waals surface area contributed by atoms with Crippen molar-refractivity contribution in [3.63, 3.8) is 0 Å². The number of para-hydroxylation sites is 1. The number of guanidine groups is 1. The molecule has 1 heterocycles. The van der Waals surface area contributed by atoms with Crippen molar-refractivity contribution < 1.29 is 14.3 Å². The van der Waals surface area contributed by atoms with Gasteiger partial charge in [0.05, 0.1) is 11.6 Å². The lowest BCUT2D eigenvalue weighted by Gasteiger charge is -2.22. The van der Waals surface area contributed by atoms with Crippen molar-refractivity contribution in [3.8, 4) is 5.75 Å². The highest BCUT2D eigenvalue weighted by atomic mass is 35.5. The molecular formula is C20H31ClN4O3. The van der Waals surface area contributed by atoms with Crippen LogP contribution < -0.4 is 10.1 Å². The van der Waals surface area contributed by atoms with E-state index >= 15 is 0 Å². The minimum absolute atomic E-state index is 0.0277. The molecule has 156 valence electrons. The molecule has 1 saturated heterocycles. The van der Waals surface area contributed by atoms with Crippen LogP contribution in [0.5, 0.6) is 5.75 Å². The summed E-state index contributed by atoms with van der Waals surface area (Å²) in [5, 5.41) is 3.97. The van der Waals surface area contributed by atoms with Gasteiger partial charge >= 0.3 is 0 Å². The molecule has 0 spiro atoms. The molecule has 7 nitrogen and oxygen atoms in total. The van der Waals surface area contributed by atoms with Crippen molar-refractivity contribution in [1.29, 1.82) is 0 Å². The summed E-state index contributed by atoms with van der Waals surface area (Å²) < 4.78 is 11.4. The van der Waals surface area contributed by atoms with Crippen LogP contribution in [0, 0.1) is 0 Å². The summed E-state index contributed by atoms with van der Waals surface area (Å²) in [6.07, 6.45) is 1.77. The van der Waals surface area contributed by atoms with Gasteiger partial charge in [0, 0.05) is 46.8 Å². The zero-order chi connectivity index (χ0) is 20.4. The van der Waals surface area contributed by atoms with E-state index < -0.39 is 0 Å². The minimum Gasteiger partial charge on any atom is -0.487 e. The first-order chi connectivity index (χ1) is 13.5. The molecule has 0 radical (unpaired) electrons. The second-order valence-electron chi connectivity index (χ2n) is 6.81. The van der Waals surface area contributed by atoms with Gasteiger partial charge in [-0.3, -0.25) is 4.79 Å². The van der Waals surface area contributed by atoms with Gasteiger partial charge < -0.3 is 24.6 Å². The summed E-state index contributed by atoms with van der Waals surface area (Å²) >= 11 is 6.20. The summed E-state index contributed by atoms with van der Waals surface area (Å²) in [5.74, 6) is 1.40. The standard InChI is InChI=1S/C20H31ClN4O3/c1-4-27-13-7-11-22-20(23-14-19(26)24(2)3)25-12-10-16(15-25)28-18-9-6-5-8-17(18)21/h5-6,8-9,16H,4,7,10-15H2,1-3H3,(H,22,23). The molecule has 1 atom stereocenters. The van der Waals surface area contributed by atoms with Crippen molar-refractivity contribution in [3.05, 3.63) is 29.3 Å². The molecule has 1 unspecified atom stereocenters. The van der Waals surface area contributed by atoms with Crippen molar-refractivity contribution in [2.24, 2.45) is 4.99 Å². The van der Waals surface area contributed by atoms with Crippen LogP contribution in [-0.2, 0) is 9.53 Å². The Morgan fingerprint density at radius 3 is 2.89 bits per heavy atom. The molecule has 1 aromatic rings. The van der Waals surface area contributed by atoms with E-state index in [1.54, 1.807) is 19.0 Å². The number of amides is 1. The predicted molar refractivity (Wildman–Crippen MR) is 112 cm³/mol. The molecule has 1 fully saturated rings. The third-order valence-electron chi connectivity index (χ3n) is 4.39. The Kier molecular flexibility index (Phi) is 9.37. The minimum atomic E-state index is -0.0309. The fourth-order valence-electron chi connectivity index (χ4n) is 2.81. The molecule has 0 saturated carbocycles. The summed E-state index contributed by atoms with van der Waals surface area (Å²) in [5.41, 5.74) is 0. The Bertz CT molecular complexity index is 654. The number of hydrogen-bond donors (Lipinski definition) is 1. The number of ether oxygens (including phenoxy) is 2. The van der Waals surface area contributed by atoms with Crippen molar-refractivity contribution in [2.75, 3.05) is 53.5 Å². The quantitative estimate of drug-likeness (QED) is 0.384. The highest BCUT2D eigenvalue weighted by Gasteiger charge is 2.27.